The van der Waals surface area contributed by atoms with Crippen molar-refractivity contribution >= 4 is 5.91 Å². The van der Waals surface area contributed by atoms with Crippen molar-refractivity contribution in [3.63, 3.8) is 0 Å². The Hall–Kier alpha value is -1.43. The van der Waals surface area contributed by atoms with E-state index in [0.717, 1.165) is 51.3 Å². The fourth-order valence-electron chi connectivity index (χ4n) is 3.67. The summed E-state index contributed by atoms with van der Waals surface area (Å²) in [5, 5.41) is 2.71. The summed E-state index contributed by atoms with van der Waals surface area (Å²) < 4.78 is 5.50. The lowest BCUT2D eigenvalue weighted by Gasteiger charge is -2.44. The first-order valence-corrected chi connectivity index (χ1v) is 8.53. The molecule has 0 saturated carbocycles. The Morgan fingerprint density at radius 1 is 1.26 bits per heavy atom. The number of ether oxygens (including phenoxy) is 1. The van der Waals surface area contributed by atoms with Gasteiger partial charge < -0.3 is 10.1 Å². The molecule has 3 rings (SSSR count). The zero-order valence-corrected chi connectivity index (χ0v) is 14.1. The predicted octanol–water partition coefficient (Wildman–Crippen LogP) is 1.51. The van der Waals surface area contributed by atoms with E-state index in [9.17, 15) is 4.79 Å². The summed E-state index contributed by atoms with van der Waals surface area (Å²) in [5.41, 5.74) is 1.96. The average molecular weight is 317 g/mol. The van der Waals surface area contributed by atoms with Crippen LogP contribution in [0.15, 0.2) is 24.3 Å². The minimum atomic E-state index is -0.0217. The van der Waals surface area contributed by atoms with E-state index in [1.54, 1.807) is 7.05 Å². The number of hydrogen-bond donors (Lipinski definition) is 1. The zero-order valence-electron chi connectivity index (χ0n) is 14.1. The Balaban J connectivity index is 1.75. The van der Waals surface area contributed by atoms with E-state index in [2.05, 4.69) is 28.2 Å². The number of nitrogens with zero attached hydrogens (tertiary/aromatic N) is 2. The molecule has 1 aromatic carbocycles. The predicted molar refractivity (Wildman–Crippen MR) is 90.6 cm³/mol. The van der Waals surface area contributed by atoms with E-state index >= 15 is 0 Å². The van der Waals surface area contributed by atoms with Crippen molar-refractivity contribution in [3.8, 4) is 0 Å². The third-order valence-corrected chi connectivity index (χ3v) is 5.15. The lowest BCUT2D eigenvalue weighted by atomic mass is 9.98. The fourth-order valence-corrected chi connectivity index (χ4v) is 3.67. The van der Waals surface area contributed by atoms with E-state index < -0.39 is 0 Å². The van der Waals surface area contributed by atoms with Crippen LogP contribution in [-0.4, -0.2) is 68.7 Å². The first-order chi connectivity index (χ1) is 11.2. The van der Waals surface area contributed by atoms with E-state index in [1.165, 1.54) is 5.56 Å². The first-order valence-electron chi connectivity index (χ1n) is 8.53. The summed E-state index contributed by atoms with van der Waals surface area (Å²) in [6.45, 7) is 4.97. The summed E-state index contributed by atoms with van der Waals surface area (Å²) in [7, 11) is 3.85. The smallest absolute Gasteiger partial charge is 0.251 e. The highest BCUT2D eigenvalue weighted by Crippen LogP contribution is 2.27. The largest absolute Gasteiger partial charge is 0.381 e. The highest BCUT2D eigenvalue weighted by Gasteiger charge is 2.30. The van der Waals surface area contributed by atoms with Crippen molar-refractivity contribution in [3.05, 3.63) is 35.4 Å². The minimum Gasteiger partial charge on any atom is -0.381 e. The number of nitrogens with one attached hydrogen (secondary N) is 1. The second kappa shape index (κ2) is 7.43. The lowest BCUT2D eigenvalue weighted by Crippen LogP contribution is -2.51. The summed E-state index contributed by atoms with van der Waals surface area (Å²) in [5.74, 6) is -0.0217. The third kappa shape index (κ3) is 3.74. The van der Waals surface area contributed by atoms with Crippen LogP contribution in [0.1, 0.15) is 34.8 Å². The monoisotopic (exact) mass is 317 g/mol. The number of carbonyl (C=O) groups is 1. The van der Waals surface area contributed by atoms with Crippen LogP contribution in [0.2, 0.25) is 0 Å². The molecule has 1 atom stereocenters. The fraction of sp³-hybridized carbons (Fsp3) is 0.611. The van der Waals surface area contributed by atoms with Gasteiger partial charge in [0, 0.05) is 57.5 Å². The van der Waals surface area contributed by atoms with Crippen LogP contribution in [0.3, 0.4) is 0 Å². The molecule has 2 aliphatic heterocycles. The maximum atomic E-state index is 11.9. The van der Waals surface area contributed by atoms with Crippen molar-refractivity contribution in [2.75, 3.05) is 46.9 Å². The van der Waals surface area contributed by atoms with Gasteiger partial charge in [0.2, 0.25) is 0 Å². The van der Waals surface area contributed by atoms with Crippen LogP contribution >= 0.6 is 0 Å². The molecule has 0 unspecified atom stereocenters. The van der Waals surface area contributed by atoms with Gasteiger partial charge in [-0.1, -0.05) is 12.1 Å². The van der Waals surface area contributed by atoms with Crippen LogP contribution in [0.25, 0.3) is 0 Å². The second-order valence-electron chi connectivity index (χ2n) is 6.54. The molecule has 2 saturated heterocycles. The Bertz CT molecular complexity index is 543. The number of piperazine rings is 1. The number of amides is 1. The number of rotatable bonds is 3. The Kier molecular flexibility index (Phi) is 5.30. The Morgan fingerprint density at radius 3 is 2.78 bits per heavy atom. The normalized spacial score (nSPS) is 24.5. The SMILES string of the molecule is CNC(=O)c1cccc([C@H]2CN(C3CCOCC3)CCN2C)c1. The van der Waals surface area contributed by atoms with Crippen molar-refractivity contribution in [1.29, 1.82) is 0 Å². The van der Waals surface area contributed by atoms with Gasteiger partial charge in [-0.25, -0.2) is 0 Å². The number of carbonyl (C=O) groups excluding carboxylic acids is 1. The van der Waals surface area contributed by atoms with Crippen molar-refractivity contribution in [2.24, 2.45) is 0 Å². The molecule has 1 amide bonds. The van der Waals surface area contributed by atoms with Gasteiger partial charge in [-0.15, -0.1) is 0 Å². The molecule has 0 aliphatic carbocycles. The topological polar surface area (TPSA) is 44.8 Å². The summed E-state index contributed by atoms with van der Waals surface area (Å²) in [4.78, 5) is 16.9. The molecule has 5 heteroatoms. The van der Waals surface area contributed by atoms with Gasteiger partial charge in [0.1, 0.15) is 0 Å². The molecule has 2 heterocycles. The van der Waals surface area contributed by atoms with E-state index in [1.807, 2.05) is 18.2 Å². The molecule has 0 spiro atoms. The molecule has 126 valence electrons. The van der Waals surface area contributed by atoms with Crippen LogP contribution in [0, 0.1) is 0 Å². The number of likely N-dealkylation sites (N-methyl/N-ethyl adjacent to an activating group) is 1. The van der Waals surface area contributed by atoms with Gasteiger partial charge in [-0.2, -0.15) is 0 Å². The molecule has 0 bridgehead atoms. The Labute approximate surface area is 138 Å². The van der Waals surface area contributed by atoms with Gasteiger partial charge in [0.05, 0.1) is 0 Å². The van der Waals surface area contributed by atoms with Gasteiger partial charge >= 0.3 is 0 Å². The molecule has 1 aromatic rings. The third-order valence-electron chi connectivity index (χ3n) is 5.15. The highest BCUT2D eigenvalue weighted by atomic mass is 16.5. The van der Waals surface area contributed by atoms with Crippen LogP contribution in [-0.2, 0) is 4.74 Å². The van der Waals surface area contributed by atoms with Crippen LogP contribution in [0.5, 0.6) is 0 Å². The molecule has 5 nitrogen and oxygen atoms in total. The van der Waals surface area contributed by atoms with E-state index in [-0.39, 0.29) is 5.91 Å². The highest BCUT2D eigenvalue weighted by molar-refractivity contribution is 5.94. The molecule has 23 heavy (non-hydrogen) atoms. The van der Waals surface area contributed by atoms with Gasteiger partial charge in [0.15, 0.2) is 0 Å². The molecule has 1 N–H and O–H groups in total. The maximum absolute atomic E-state index is 11.9. The molecular formula is C18H27N3O2. The number of hydrogen-bond acceptors (Lipinski definition) is 4. The molecule has 2 fully saturated rings. The molecule has 0 aromatic heterocycles. The molecule has 2 aliphatic rings. The zero-order chi connectivity index (χ0) is 16.2. The maximum Gasteiger partial charge on any atom is 0.251 e. The lowest BCUT2D eigenvalue weighted by molar-refractivity contribution is 0.000987. The van der Waals surface area contributed by atoms with Gasteiger partial charge in [0.25, 0.3) is 5.91 Å². The average Bonchev–Trinajstić information content (AvgIpc) is 2.62. The van der Waals surface area contributed by atoms with Gasteiger partial charge in [-0.05, 0) is 37.6 Å². The van der Waals surface area contributed by atoms with E-state index in [0.29, 0.717) is 12.1 Å². The van der Waals surface area contributed by atoms with E-state index in [4.69, 9.17) is 4.74 Å². The second-order valence-corrected chi connectivity index (χ2v) is 6.54. The minimum absolute atomic E-state index is 0.0217. The summed E-state index contributed by atoms with van der Waals surface area (Å²) >= 11 is 0. The van der Waals surface area contributed by atoms with Gasteiger partial charge in [-0.3, -0.25) is 14.6 Å². The molecular weight excluding hydrogens is 290 g/mol. The van der Waals surface area contributed by atoms with Crippen molar-refractivity contribution in [2.45, 2.75) is 24.9 Å². The Morgan fingerprint density at radius 2 is 2.04 bits per heavy atom. The standard InChI is InChI=1S/C18H27N3O2/c1-19-18(22)15-5-3-4-14(12-15)17-13-21(9-8-20(17)2)16-6-10-23-11-7-16/h3-5,12,16-17H,6-11,13H2,1-2H3,(H,19,22)/t17-/m1/s1. The number of benzene rings is 1. The first kappa shape index (κ1) is 16.4. The quantitative estimate of drug-likeness (QED) is 0.918. The van der Waals surface area contributed by atoms with Crippen molar-refractivity contribution in [1.82, 2.24) is 15.1 Å². The van der Waals surface area contributed by atoms with Crippen LogP contribution in [0.4, 0.5) is 0 Å². The van der Waals surface area contributed by atoms with Crippen LogP contribution < -0.4 is 5.32 Å². The van der Waals surface area contributed by atoms with Crippen molar-refractivity contribution < 1.29 is 9.53 Å². The molecule has 0 radical (unpaired) electrons. The summed E-state index contributed by atoms with van der Waals surface area (Å²) in [6, 6.07) is 9.02. The summed E-state index contributed by atoms with van der Waals surface area (Å²) in [6.07, 6.45) is 2.27.